The molecule has 4 nitrogen and oxygen atoms in total. The molecule has 3 heterocycles. The Morgan fingerprint density at radius 1 is 0.171 bits per heavy atom. The number of aromatic nitrogens is 3. The lowest BCUT2D eigenvalue weighted by Crippen LogP contribution is -2.09. The van der Waals surface area contributed by atoms with Crippen molar-refractivity contribution >= 4 is 82.5 Å². The van der Waals surface area contributed by atoms with Crippen LogP contribution in [0.4, 0.5) is 17.1 Å². The molecule has 0 saturated heterocycles. The fourth-order valence-electron chi connectivity index (χ4n) is 12.7. The standard InChI is InChI=1S/C78H52N4/c1-4-16-61(17-5-1)80-75-27-15-12-24-69(75)72-50-58(40-49-76(72)80)56-34-43-65(44-35-56)79(66-45-36-57(37-46-66)60-39-48-71-68-23-11-14-26-74(68)82(78(71)52-60)63-20-8-3-9-21-63)64-41-32-54(33-42-64)53-28-30-55(31-29-53)59-38-47-70-67-22-10-13-25-73(67)81(77(70)51-59)62-18-6-2-7-19-62/h1-52H. The summed E-state index contributed by atoms with van der Waals surface area (Å²) in [7, 11) is 0. The molecule has 0 bridgehead atoms. The molecule has 0 aliphatic carbocycles. The maximum atomic E-state index is 2.39. The van der Waals surface area contributed by atoms with Gasteiger partial charge < -0.3 is 18.6 Å². The number of nitrogens with zero attached hydrogens (tertiary/aromatic N) is 4. The summed E-state index contributed by atoms with van der Waals surface area (Å²) >= 11 is 0. The van der Waals surface area contributed by atoms with Crippen LogP contribution in [0.1, 0.15) is 0 Å². The van der Waals surface area contributed by atoms with Gasteiger partial charge in [-0.05, 0) is 160 Å². The van der Waals surface area contributed by atoms with E-state index >= 15 is 0 Å². The third-order valence-corrected chi connectivity index (χ3v) is 16.7. The molecule has 0 spiro atoms. The molecule has 0 fully saturated rings. The van der Waals surface area contributed by atoms with Gasteiger partial charge in [0, 0.05) is 66.4 Å². The first-order valence-electron chi connectivity index (χ1n) is 28.1. The molecule has 13 aromatic carbocycles. The summed E-state index contributed by atoms with van der Waals surface area (Å²) in [5, 5.41) is 7.49. The topological polar surface area (TPSA) is 18.0 Å². The summed E-state index contributed by atoms with van der Waals surface area (Å²) in [4.78, 5) is 2.37. The van der Waals surface area contributed by atoms with Crippen LogP contribution in [-0.4, -0.2) is 13.7 Å². The quantitative estimate of drug-likeness (QED) is 0.133. The molecule has 0 aliphatic heterocycles. The SMILES string of the molecule is c1ccc(-n2c3ccccc3c3cc(-c4ccc(N(c5ccc(-c6ccc(-c7ccc8c9ccccc9n(-c9ccccc9)c8c7)cc6)cc5)c5ccc(-c6ccc7c8ccccc8n(-c8ccccc8)c7c6)cc5)cc4)ccc32)cc1. The molecule has 0 unspecified atom stereocenters. The van der Waals surface area contributed by atoms with Crippen LogP contribution in [-0.2, 0) is 0 Å². The third kappa shape index (κ3) is 7.91. The molecule has 0 amide bonds. The van der Waals surface area contributed by atoms with Crippen LogP contribution in [0.15, 0.2) is 315 Å². The predicted molar refractivity (Wildman–Crippen MR) is 346 cm³/mol. The van der Waals surface area contributed by atoms with Gasteiger partial charge in [-0.3, -0.25) is 0 Å². The molecule has 82 heavy (non-hydrogen) atoms. The predicted octanol–water partition coefficient (Wildman–Crippen LogP) is 21.1. The Balaban J connectivity index is 0.750. The highest BCUT2D eigenvalue weighted by molar-refractivity contribution is 6.12. The van der Waals surface area contributed by atoms with Gasteiger partial charge in [0.1, 0.15) is 0 Å². The van der Waals surface area contributed by atoms with Crippen molar-refractivity contribution in [3.8, 4) is 61.6 Å². The van der Waals surface area contributed by atoms with E-state index < -0.39 is 0 Å². The van der Waals surface area contributed by atoms with Crippen molar-refractivity contribution in [3.63, 3.8) is 0 Å². The van der Waals surface area contributed by atoms with Crippen molar-refractivity contribution in [1.82, 2.24) is 13.7 Å². The maximum Gasteiger partial charge on any atom is 0.0547 e. The third-order valence-electron chi connectivity index (χ3n) is 16.7. The van der Waals surface area contributed by atoms with Gasteiger partial charge >= 0.3 is 0 Å². The molecular weight excluding hydrogens is 993 g/mol. The average Bonchev–Trinajstić information content (AvgIpc) is 4.26. The fraction of sp³-hybridized carbons (Fsp3) is 0. The van der Waals surface area contributed by atoms with Crippen LogP contribution >= 0.6 is 0 Å². The lowest BCUT2D eigenvalue weighted by atomic mass is 9.99. The van der Waals surface area contributed by atoms with Crippen LogP contribution in [0, 0.1) is 0 Å². The number of para-hydroxylation sites is 6. The zero-order valence-electron chi connectivity index (χ0n) is 44.8. The van der Waals surface area contributed by atoms with E-state index in [2.05, 4.69) is 334 Å². The number of anilines is 3. The van der Waals surface area contributed by atoms with Gasteiger partial charge in [-0.2, -0.15) is 0 Å². The summed E-state index contributed by atoms with van der Waals surface area (Å²) in [6, 6.07) is 115. The highest BCUT2D eigenvalue weighted by atomic mass is 15.1. The molecule has 0 aliphatic rings. The second kappa shape index (κ2) is 19.5. The fourth-order valence-corrected chi connectivity index (χ4v) is 12.7. The molecule has 0 atom stereocenters. The van der Waals surface area contributed by atoms with Crippen molar-refractivity contribution in [1.29, 1.82) is 0 Å². The largest absolute Gasteiger partial charge is 0.311 e. The first-order valence-corrected chi connectivity index (χ1v) is 28.1. The Morgan fingerprint density at radius 2 is 0.427 bits per heavy atom. The van der Waals surface area contributed by atoms with E-state index in [1.54, 1.807) is 0 Å². The van der Waals surface area contributed by atoms with Crippen LogP contribution in [0.2, 0.25) is 0 Å². The molecule has 4 heteroatoms. The van der Waals surface area contributed by atoms with Crippen molar-refractivity contribution in [2.24, 2.45) is 0 Å². The molecule has 0 radical (unpaired) electrons. The van der Waals surface area contributed by atoms with Gasteiger partial charge in [-0.25, -0.2) is 0 Å². The number of hydrogen-bond acceptors (Lipinski definition) is 1. The lowest BCUT2D eigenvalue weighted by Gasteiger charge is -2.26. The van der Waals surface area contributed by atoms with Crippen molar-refractivity contribution in [3.05, 3.63) is 315 Å². The number of benzene rings is 13. The van der Waals surface area contributed by atoms with Crippen LogP contribution in [0.3, 0.4) is 0 Å². The maximum absolute atomic E-state index is 2.39. The normalized spacial score (nSPS) is 11.7. The van der Waals surface area contributed by atoms with Crippen LogP contribution in [0.25, 0.3) is 127 Å². The summed E-state index contributed by atoms with van der Waals surface area (Å²) in [6.07, 6.45) is 0. The molecular formula is C78H52N4. The zero-order valence-corrected chi connectivity index (χ0v) is 44.8. The van der Waals surface area contributed by atoms with Crippen molar-refractivity contribution in [2.45, 2.75) is 0 Å². The second-order valence-corrected chi connectivity index (χ2v) is 21.3. The number of hydrogen-bond donors (Lipinski definition) is 0. The first-order chi connectivity index (χ1) is 40.7. The number of rotatable bonds is 10. The highest BCUT2D eigenvalue weighted by Crippen LogP contribution is 2.42. The van der Waals surface area contributed by atoms with Gasteiger partial charge in [0.05, 0.1) is 33.1 Å². The Hall–Kier alpha value is -10.9. The Labute approximate surface area is 475 Å². The van der Waals surface area contributed by atoms with E-state index in [4.69, 9.17) is 0 Å². The van der Waals surface area contributed by atoms with Gasteiger partial charge in [0.25, 0.3) is 0 Å². The van der Waals surface area contributed by atoms with E-state index in [0.29, 0.717) is 0 Å². The van der Waals surface area contributed by atoms with Crippen LogP contribution in [0.5, 0.6) is 0 Å². The molecule has 3 aromatic heterocycles. The van der Waals surface area contributed by atoms with Gasteiger partial charge in [-0.15, -0.1) is 0 Å². The Bertz CT molecular complexity index is 5030. The monoisotopic (exact) mass is 1040 g/mol. The van der Waals surface area contributed by atoms with Gasteiger partial charge in [0.15, 0.2) is 0 Å². The zero-order chi connectivity index (χ0) is 54.1. The molecule has 16 rings (SSSR count). The molecule has 0 N–H and O–H groups in total. The lowest BCUT2D eigenvalue weighted by molar-refractivity contribution is 1.18. The number of fused-ring (bicyclic) bond motifs is 9. The minimum Gasteiger partial charge on any atom is -0.311 e. The minimum atomic E-state index is 1.08. The van der Waals surface area contributed by atoms with E-state index in [1.165, 1.54) is 93.2 Å². The van der Waals surface area contributed by atoms with E-state index in [9.17, 15) is 0 Å². The summed E-state index contributed by atoms with van der Waals surface area (Å²) in [5.41, 5.74) is 23.3. The average molecular weight is 1050 g/mol. The summed E-state index contributed by atoms with van der Waals surface area (Å²) in [6.45, 7) is 0. The van der Waals surface area contributed by atoms with Gasteiger partial charge in [-0.1, -0.05) is 200 Å². The van der Waals surface area contributed by atoms with Crippen molar-refractivity contribution < 1.29 is 0 Å². The van der Waals surface area contributed by atoms with E-state index in [1.807, 2.05) is 0 Å². The van der Waals surface area contributed by atoms with Crippen LogP contribution < -0.4 is 4.90 Å². The molecule has 0 saturated carbocycles. The van der Waals surface area contributed by atoms with Crippen molar-refractivity contribution in [2.75, 3.05) is 4.90 Å². The minimum absolute atomic E-state index is 1.08. The summed E-state index contributed by atoms with van der Waals surface area (Å²) < 4.78 is 7.15. The Morgan fingerprint density at radius 3 is 0.817 bits per heavy atom. The second-order valence-electron chi connectivity index (χ2n) is 21.3. The molecule has 384 valence electrons. The molecule has 16 aromatic rings. The highest BCUT2D eigenvalue weighted by Gasteiger charge is 2.19. The van der Waals surface area contributed by atoms with Gasteiger partial charge in [0.2, 0.25) is 0 Å². The van der Waals surface area contributed by atoms with E-state index in [-0.39, 0.29) is 0 Å². The first kappa shape index (κ1) is 47.1. The van der Waals surface area contributed by atoms with E-state index in [0.717, 1.165) is 50.8 Å². The Kier molecular flexibility index (Phi) is 11.2. The summed E-state index contributed by atoms with van der Waals surface area (Å²) in [5.74, 6) is 0. The smallest absolute Gasteiger partial charge is 0.0547 e.